The fourth-order valence-electron chi connectivity index (χ4n) is 1.72. The van der Waals surface area contributed by atoms with E-state index >= 15 is 0 Å². The number of ether oxygens (including phenoxy) is 1. The molecule has 0 spiro atoms. The Bertz CT molecular complexity index is 678. The van der Waals surface area contributed by atoms with E-state index in [1.54, 1.807) is 25.2 Å². The van der Waals surface area contributed by atoms with Gasteiger partial charge in [-0.3, -0.25) is 10.1 Å². The number of anilines is 1. The molecule has 2 rings (SSSR count). The van der Waals surface area contributed by atoms with Crippen LogP contribution in [0.15, 0.2) is 24.3 Å². The maximum atomic E-state index is 11.1. The van der Waals surface area contributed by atoms with Gasteiger partial charge >= 0.3 is 5.69 Å². The van der Waals surface area contributed by atoms with Crippen LogP contribution in [-0.2, 0) is 6.61 Å². The lowest BCUT2D eigenvalue weighted by Gasteiger charge is -2.09. The minimum atomic E-state index is -0.559. The van der Waals surface area contributed by atoms with Crippen LogP contribution in [0, 0.1) is 17.0 Å². The van der Waals surface area contributed by atoms with Crippen LogP contribution in [-0.4, -0.2) is 21.9 Å². The number of nitro groups is 1. The monoisotopic (exact) mass is 308 g/mol. The molecule has 110 valence electrons. The summed E-state index contributed by atoms with van der Waals surface area (Å²) in [6.07, 6.45) is 0. The molecule has 0 unspecified atom stereocenters. The molecule has 2 aromatic rings. The first kappa shape index (κ1) is 15.0. The molecule has 21 heavy (non-hydrogen) atoms. The van der Waals surface area contributed by atoms with Crippen molar-refractivity contribution in [2.75, 3.05) is 12.4 Å². The molecule has 0 aliphatic heterocycles. The summed E-state index contributed by atoms with van der Waals surface area (Å²) in [6.45, 7) is 1.61. The summed E-state index contributed by atoms with van der Waals surface area (Å²) >= 11 is 6.02. The zero-order valence-electron chi connectivity index (χ0n) is 11.5. The fraction of sp³-hybridized carbons (Fsp3) is 0.231. The van der Waals surface area contributed by atoms with Crippen LogP contribution in [0.3, 0.4) is 0 Å². The number of hydrogen-bond donors (Lipinski definition) is 1. The molecule has 1 heterocycles. The molecule has 0 amide bonds. The lowest BCUT2D eigenvalue weighted by atomic mass is 10.2. The predicted molar refractivity (Wildman–Crippen MR) is 78.8 cm³/mol. The van der Waals surface area contributed by atoms with Gasteiger partial charge in [-0.1, -0.05) is 29.8 Å². The Kier molecular flexibility index (Phi) is 4.54. The minimum Gasteiger partial charge on any atom is -0.468 e. The number of benzene rings is 1. The van der Waals surface area contributed by atoms with E-state index in [4.69, 9.17) is 16.3 Å². The Balaban J connectivity index is 2.32. The molecule has 0 aliphatic rings. The normalized spacial score (nSPS) is 10.2. The second-order valence-corrected chi connectivity index (χ2v) is 4.58. The summed E-state index contributed by atoms with van der Waals surface area (Å²) in [7, 11) is 1.62. The number of aryl methyl sites for hydroxylation is 1. The van der Waals surface area contributed by atoms with Crippen molar-refractivity contribution in [1.82, 2.24) is 9.97 Å². The average Bonchev–Trinajstić information content (AvgIpc) is 2.45. The summed E-state index contributed by atoms with van der Waals surface area (Å²) in [5, 5.41) is 14.4. The number of hydrogen-bond acceptors (Lipinski definition) is 6. The second-order valence-electron chi connectivity index (χ2n) is 4.17. The molecule has 7 nitrogen and oxygen atoms in total. The van der Waals surface area contributed by atoms with Crippen molar-refractivity contribution in [3.63, 3.8) is 0 Å². The van der Waals surface area contributed by atoms with Gasteiger partial charge < -0.3 is 10.1 Å². The van der Waals surface area contributed by atoms with Gasteiger partial charge in [0.15, 0.2) is 0 Å². The van der Waals surface area contributed by atoms with Crippen molar-refractivity contribution in [1.29, 1.82) is 0 Å². The molecule has 0 saturated carbocycles. The van der Waals surface area contributed by atoms with Crippen LogP contribution >= 0.6 is 11.6 Å². The third-order valence-electron chi connectivity index (χ3n) is 2.75. The van der Waals surface area contributed by atoms with Crippen LogP contribution in [0.4, 0.5) is 11.6 Å². The molecule has 0 saturated heterocycles. The highest BCUT2D eigenvalue weighted by Crippen LogP contribution is 2.29. The summed E-state index contributed by atoms with van der Waals surface area (Å²) < 4.78 is 5.47. The van der Waals surface area contributed by atoms with Gasteiger partial charge in [0.1, 0.15) is 12.3 Å². The molecule has 8 heteroatoms. The molecule has 0 radical (unpaired) electrons. The van der Waals surface area contributed by atoms with Gasteiger partial charge in [0.05, 0.1) is 4.92 Å². The Morgan fingerprint density at radius 1 is 1.38 bits per heavy atom. The summed E-state index contributed by atoms with van der Waals surface area (Å²) in [6, 6.07) is 7.10. The van der Waals surface area contributed by atoms with Crippen molar-refractivity contribution in [2.45, 2.75) is 13.5 Å². The Labute approximate surface area is 126 Å². The highest BCUT2D eigenvalue weighted by molar-refractivity contribution is 6.31. The van der Waals surface area contributed by atoms with Gasteiger partial charge in [0.25, 0.3) is 5.88 Å². The summed E-state index contributed by atoms with van der Waals surface area (Å²) in [4.78, 5) is 18.5. The van der Waals surface area contributed by atoms with E-state index in [9.17, 15) is 10.1 Å². The quantitative estimate of drug-likeness (QED) is 0.674. The van der Waals surface area contributed by atoms with Crippen molar-refractivity contribution < 1.29 is 9.66 Å². The molecule has 1 aromatic heterocycles. The number of aromatic nitrogens is 2. The molecule has 1 N–H and O–H groups in total. The number of rotatable bonds is 5. The van der Waals surface area contributed by atoms with Crippen molar-refractivity contribution in [3.05, 3.63) is 50.7 Å². The van der Waals surface area contributed by atoms with Crippen LogP contribution < -0.4 is 10.1 Å². The first-order valence-corrected chi connectivity index (χ1v) is 6.47. The lowest BCUT2D eigenvalue weighted by Crippen LogP contribution is -2.07. The van der Waals surface area contributed by atoms with Crippen molar-refractivity contribution in [3.8, 4) is 5.88 Å². The highest BCUT2D eigenvalue weighted by atomic mass is 35.5. The zero-order valence-corrected chi connectivity index (χ0v) is 12.2. The highest BCUT2D eigenvalue weighted by Gasteiger charge is 2.23. The van der Waals surface area contributed by atoms with Crippen LogP contribution in [0.5, 0.6) is 5.88 Å². The standard InChI is InChI=1S/C13H13ClN4O3/c1-8-11(18(19)20)12(17-13(15-2)16-8)21-7-9-5-3-4-6-10(9)14/h3-6H,7H2,1-2H3,(H,15,16,17). The van der Waals surface area contributed by atoms with Gasteiger partial charge in [-0.05, 0) is 13.0 Å². The van der Waals surface area contributed by atoms with Crippen molar-refractivity contribution in [2.24, 2.45) is 0 Å². The summed E-state index contributed by atoms with van der Waals surface area (Å²) in [5.41, 5.74) is 0.699. The molecule has 0 atom stereocenters. The first-order valence-electron chi connectivity index (χ1n) is 6.10. The maximum Gasteiger partial charge on any atom is 0.352 e. The maximum absolute atomic E-state index is 11.1. The number of nitrogens with one attached hydrogen (secondary N) is 1. The molecular formula is C13H13ClN4O3. The first-order chi connectivity index (χ1) is 10.0. The van der Waals surface area contributed by atoms with Crippen LogP contribution in [0.2, 0.25) is 5.02 Å². The minimum absolute atomic E-state index is 0.0835. The van der Waals surface area contributed by atoms with Crippen molar-refractivity contribution >= 4 is 23.2 Å². The third-order valence-corrected chi connectivity index (χ3v) is 3.12. The van der Waals surface area contributed by atoms with Gasteiger partial charge in [-0.2, -0.15) is 4.98 Å². The zero-order chi connectivity index (χ0) is 15.4. The topological polar surface area (TPSA) is 90.2 Å². The average molecular weight is 309 g/mol. The Morgan fingerprint density at radius 2 is 2.10 bits per heavy atom. The third kappa shape index (κ3) is 3.38. The second kappa shape index (κ2) is 6.36. The van der Waals surface area contributed by atoms with E-state index < -0.39 is 4.92 Å². The lowest BCUT2D eigenvalue weighted by molar-refractivity contribution is -0.387. The Hall–Kier alpha value is -2.41. The van der Waals surface area contributed by atoms with Crippen LogP contribution in [0.25, 0.3) is 0 Å². The smallest absolute Gasteiger partial charge is 0.352 e. The fourth-order valence-corrected chi connectivity index (χ4v) is 1.92. The van der Waals surface area contributed by atoms with Crippen LogP contribution in [0.1, 0.15) is 11.3 Å². The number of nitrogens with zero attached hydrogens (tertiary/aromatic N) is 3. The molecule has 0 aliphatic carbocycles. The molecule has 1 aromatic carbocycles. The van der Waals surface area contributed by atoms with E-state index in [1.165, 1.54) is 6.92 Å². The van der Waals surface area contributed by atoms with Gasteiger partial charge in [-0.15, -0.1) is 0 Å². The van der Waals surface area contributed by atoms with E-state index in [-0.39, 0.29) is 29.8 Å². The van der Waals surface area contributed by atoms with E-state index in [0.29, 0.717) is 5.02 Å². The SMILES string of the molecule is CNc1nc(C)c([N+](=O)[O-])c(OCc2ccccc2Cl)n1. The van der Waals surface area contributed by atoms with E-state index in [1.807, 2.05) is 6.07 Å². The molecular weight excluding hydrogens is 296 g/mol. The van der Waals surface area contributed by atoms with Gasteiger partial charge in [0.2, 0.25) is 5.95 Å². The molecule has 0 fully saturated rings. The van der Waals surface area contributed by atoms with E-state index in [2.05, 4.69) is 15.3 Å². The van der Waals surface area contributed by atoms with E-state index in [0.717, 1.165) is 5.56 Å². The van der Waals surface area contributed by atoms with Gasteiger partial charge in [0, 0.05) is 17.6 Å². The number of halogens is 1. The summed E-state index contributed by atoms with van der Waals surface area (Å²) in [5.74, 6) is 0.170. The largest absolute Gasteiger partial charge is 0.468 e. The molecule has 0 bridgehead atoms. The Morgan fingerprint density at radius 3 is 2.71 bits per heavy atom. The van der Waals surface area contributed by atoms with Gasteiger partial charge in [-0.25, -0.2) is 4.98 Å². The predicted octanol–water partition coefficient (Wildman–Crippen LogP) is 2.97.